The zero-order valence-corrected chi connectivity index (χ0v) is 13.6. The summed E-state index contributed by atoms with van der Waals surface area (Å²) in [6, 6.07) is 5.67. The highest BCUT2D eigenvalue weighted by Crippen LogP contribution is 2.26. The second-order valence-corrected chi connectivity index (χ2v) is 5.12. The molecule has 0 radical (unpaired) electrons. The fourth-order valence-electron chi connectivity index (χ4n) is 1.85. The second kappa shape index (κ2) is 8.12. The van der Waals surface area contributed by atoms with Gasteiger partial charge in [0.2, 0.25) is 5.91 Å². The van der Waals surface area contributed by atoms with Crippen molar-refractivity contribution in [1.82, 2.24) is 5.32 Å². The number of nitrogens with two attached hydrogens (primary N) is 1. The van der Waals surface area contributed by atoms with Crippen LogP contribution < -0.4 is 15.8 Å². The van der Waals surface area contributed by atoms with Crippen molar-refractivity contribution in [1.29, 1.82) is 0 Å². The number of carbonyl (C=O) groups is 1. The summed E-state index contributed by atoms with van der Waals surface area (Å²) in [5, 5.41) is 2.98. The van der Waals surface area contributed by atoms with Gasteiger partial charge < -0.3 is 15.8 Å². The van der Waals surface area contributed by atoms with Gasteiger partial charge in [-0.15, -0.1) is 12.4 Å². The van der Waals surface area contributed by atoms with E-state index in [1.165, 1.54) is 0 Å². The van der Waals surface area contributed by atoms with Crippen LogP contribution in [0.3, 0.4) is 0 Å². The average Bonchev–Trinajstić information content (AvgIpc) is 2.37. The second-order valence-electron chi connectivity index (χ2n) is 5.12. The molecule has 1 aromatic carbocycles. The van der Waals surface area contributed by atoms with E-state index in [1.54, 1.807) is 7.11 Å². The number of hydrogen-bond acceptors (Lipinski definition) is 3. The van der Waals surface area contributed by atoms with Gasteiger partial charge in [0.1, 0.15) is 5.75 Å². The summed E-state index contributed by atoms with van der Waals surface area (Å²) in [6.07, 6.45) is 0. The first kappa shape index (κ1) is 18.7. The van der Waals surface area contributed by atoms with Crippen LogP contribution in [0.2, 0.25) is 0 Å². The third-order valence-electron chi connectivity index (χ3n) is 3.41. The number of rotatable bonds is 5. The molecule has 0 fully saturated rings. The highest BCUT2D eigenvalue weighted by atomic mass is 35.5. The third-order valence-corrected chi connectivity index (χ3v) is 3.41. The molecule has 4 nitrogen and oxygen atoms in total. The van der Waals surface area contributed by atoms with Crippen LogP contribution in [-0.4, -0.2) is 19.1 Å². The number of halogens is 1. The van der Waals surface area contributed by atoms with Crippen molar-refractivity contribution in [3.05, 3.63) is 29.3 Å². The molecule has 0 saturated heterocycles. The number of nitrogens with one attached hydrogen (secondary N) is 1. The summed E-state index contributed by atoms with van der Waals surface area (Å²) >= 11 is 0. The monoisotopic (exact) mass is 300 g/mol. The van der Waals surface area contributed by atoms with Crippen molar-refractivity contribution < 1.29 is 9.53 Å². The minimum atomic E-state index is -0.210. The Bertz CT molecular complexity index is 449. The lowest BCUT2D eigenvalue weighted by molar-refractivity contribution is -0.125. The minimum Gasteiger partial charge on any atom is -0.496 e. The Balaban J connectivity index is 0.00000361. The van der Waals surface area contributed by atoms with Gasteiger partial charge in [0.15, 0.2) is 0 Å². The quantitative estimate of drug-likeness (QED) is 0.878. The maximum absolute atomic E-state index is 12.0. The first-order valence-corrected chi connectivity index (χ1v) is 6.57. The van der Waals surface area contributed by atoms with Gasteiger partial charge in [-0.3, -0.25) is 4.79 Å². The highest BCUT2D eigenvalue weighted by Gasteiger charge is 2.20. The van der Waals surface area contributed by atoms with Crippen molar-refractivity contribution in [3.8, 4) is 5.75 Å². The van der Waals surface area contributed by atoms with Gasteiger partial charge in [0, 0.05) is 17.5 Å². The lowest BCUT2D eigenvalue weighted by Crippen LogP contribution is -2.39. The summed E-state index contributed by atoms with van der Waals surface area (Å²) in [4.78, 5) is 12.0. The highest BCUT2D eigenvalue weighted by molar-refractivity contribution is 5.85. The lowest BCUT2D eigenvalue weighted by Gasteiger charge is -2.21. The SMILES string of the molecule is COc1ccc(C)cc1C(C)NC(=O)C(C)C(C)N.Cl. The Kier molecular flexibility index (Phi) is 7.61. The molecule has 3 atom stereocenters. The first-order chi connectivity index (χ1) is 8.86. The van der Waals surface area contributed by atoms with Gasteiger partial charge in [0.05, 0.1) is 13.2 Å². The Labute approximate surface area is 127 Å². The predicted octanol–water partition coefficient (Wildman–Crippen LogP) is 2.59. The maximum Gasteiger partial charge on any atom is 0.224 e. The fourth-order valence-corrected chi connectivity index (χ4v) is 1.85. The number of amides is 1. The van der Waals surface area contributed by atoms with Gasteiger partial charge in [0.25, 0.3) is 0 Å². The molecule has 0 bridgehead atoms. The number of benzene rings is 1. The minimum absolute atomic E-state index is 0. The van der Waals surface area contributed by atoms with Gasteiger partial charge in [-0.25, -0.2) is 0 Å². The smallest absolute Gasteiger partial charge is 0.224 e. The molecule has 0 aromatic heterocycles. The molecule has 0 saturated carbocycles. The molecule has 20 heavy (non-hydrogen) atoms. The summed E-state index contributed by atoms with van der Waals surface area (Å²) in [5.41, 5.74) is 7.86. The molecule has 1 amide bonds. The Morgan fingerprint density at radius 3 is 2.40 bits per heavy atom. The molecule has 3 N–H and O–H groups in total. The number of methoxy groups -OCH3 is 1. The summed E-state index contributed by atoms with van der Waals surface area (Å²) in [6.45, 7) is 7.63. The Morgan fingerprint density at radius 2 is 1.90 bits per heavy atom. The molecule has 0 aliphatic rings. The van der Waals surface area contributed by atoms with Crippen LogP contribution in [0.1, 0.15) is 37.9 Å². The fraction of sp³-hybridized carbons (Fsp3) is 0.533. The zero-order valence-electron chi connectivity index (χ0n) is 12.8. The standard InChI is InChI=1S/C15H24N2O2.ClH/c1-9-6-7-14(19-5)13(8-9)12(4)17-15(18)10(2)11(3)16;/h6-8,10-12H,16H2,1-5H3,(H,17,18);1H. The van der Waals surface area contributed by atoms with Crippen LogP contribution >= 0.6 is 12.4 Å². The van der Waals surface area contributed by atoms with E-state index in [9.17, 15) is 4.79 Å². The van der Waals surface area contributed by atoms with Crippen LogP contribution in [0, 0.1) is 12.8 Å². The van der Waals surface area contributed by atoms with Crippen molar-refractivity contribution >= 4 is 18.3 Å². The molecule has 0 aliphatic carbocycles. The van der Waals surface area contributed by atoms with Crippen molar-refractivity contribution in [2.24, 2.45) is 11.7 Å². The summed E-state index contributed by atoms with van der Waals surface area (Å²) in [7, 11) is 1.63. The summed E-state index contributed by atoms with van der Waals surface area (Å²) in [5.74, 6) is 0.538. The molecule has 0 aliphatic heterocycles. The molecule has 1 rings (SSSR count). The van der Waals surface area contributed by atoms with E-state index in [1.807, 2.05) is 45.9 Å². The predicted molar refractivity (Wildman–Crippen MR) is 84.4 cm³/mol. The van der Waals surface area contributed by atoms with E-state index in [0.29, 0.717) is 0 Å². The number of carbonyl (C=O) groups excluding carboxylic acids is 1. The van der Waals surface area contributed by atoms with E-state index in [2.05, 4.69) is 5.32 Å². The van der Waals surface area contributed by atoms with Gasteiger partial charge in [-0.1, -0.05) is 24.6 Å². The van der Waals surface area contributed by atoms with Gasteiger partial charge >= 0.3 is 0 Å². The lowest BCUT2D eigenvalue weighted by atomic mass is 10.0. The molecular formula is C15H25ClN2O2. The van der Waals surface area contributed by atoms with Crippen molar-refractivity contribution in [2.45, 2.75) is 39.8 Å². The number of ether oxygens (including phenoxy) is 1. The molecule has 114 valence electrons. The van der Waals surface area contributed by atoms with Crippen LogP contribution in [0.25, 0.3) is 0 Å². The van der Waals surface area contributed by atoms with E-state index < -0.39 is 0 Å². The van der Waals surface area contributed by atoms with Crippen LogP contribution in [0.4, 0.5) is 0 Å². The van der Waals surface area contributed by atoms with Crippen LogP contribution in [0.15, 0.2) is 18.2 Å². The molecule has 3 unspecified atom stereocenters. The normalized spacial score (nSPS) is 14.7. The Morgan fingerprint density at radius 1 is 1.30 bits per heavy atom. The molecular weight excluding hydrogens is 276 g/mol. The molecule has 1 aromatic rings. The van der Waals surface area contributed by atoms with Gasteiger partial charge in [-0.05, 0) is 26.8 Å². The van der Waals surface area contributed by atoms with Crippen LogP contribution in [0.5, 0.6) is 5.75 Å². The molecule has 0 spiro atoms. The number of hydrogen-bond donors (Lipinski definition) is 2. The first-order valence-electron chi connectivity index (χ1n) is 6.57. The average molecular weight is 301 g/mol. The van der Waals surface area contributed by atoms with E-state index >= 15 is 0 Å². The van der Waals surface area contributed by atoms with Gasteiger partial charge in [-0.2, -0.15) is 0 Å². The Hall–Kier alpha value is -1.26. The van der Waals surface area contributed by atoms with E-state index in [-0.39, 0.29) is 36.3 Å². The number of aryl methyl sites for hydroxylation is 1. The topological polar surface area (TPSA) is 64.3 Å². The summed E-state index contributed by atoms with van der Waals surface area (Å²) < 4.78 is 5.33. The third kappa shape index (κ3) is 4.69. The molecule has 0 heterocycles. The van der Waals surface area contributed by atoms with E-state index in [4.69, 9.17) is 10.5 Å². The van der Waals surface area contributed by atoms with Crippen molar-refractivity contribution in [2.75, 3.05) is 7.11 Å². The van der Waals surface area contributed by atoms with E-state index in [0.717, 1.165) is 16.9 Å². The maximum atomic E-state index is 12.0. The zero-order chi connectivity index (χ0) is 14.6. The molecule has 5 heteroatoms. The largest absolute Gasteiger partial charge is 0.496 e. The van der Waals surface area contributed by atoms with Crippen molar-refractivity contribution in [3.63, 3.8) is 0 Å². The van der Waals surface area contributed by atoms with Crippen LogP contribution in [-0.2, 0) is 4.79 Å².